The van der Waals surface area contributed by atoms with Crippen LogP contribution < -0.4 is 9.62 Å². The van der Waals surface area contributed by atoms with E-state index in [2.05, 4.69) is 19.6 Å². The van der Waals surface area contributed by atoms with Gasteiger partial charge in [-0.2, -0.15) is 0 Å². The second kappa shape index (κ2) is 7.13. The number of anilines is 1. The summed E-state index contributed by atoms with van der Waals surface area (Å²) in [6.07, 6.45) is 3.71. The molecule has 2 aliphatic rings. The lowest BCUT2D eigenvalue weighted by atomic mass is 10.1. The van der Waals surface area contributed by atoms with Crippen LogP contribution in [-0.2, 0) is 10.0 Å². The van der Waals surface area contributed by atoms with Crippen molar-refractivity contribution in [2.24, 2.45) is 0 Å². The first kappa shape index (κ1) is 17.7. The summed E-state index contributed by atoms with van der Waals surface area (Å²) in [5.74, 6) is 2.12. The molecule has 6 nitrogen and oxygen atoms in total. The predicted octanol–water partition coefficient (Wildman–Crippen LogP) is 2.95. The van der Waals surface area contributed by atoms with Gasteiger partial charge in [0.05, 0.1) is 4.90 Å². The summed E-state index contributed by atoms with van der Waals surface area (Å²) >= 11 is 6.16. The number of rotatable bonds is 5. The quantitative estimate of drug-likeness (QED) is 0.792. The zero-order valence-electron chi connectivity index (χ0n) is 14.3. The van der Waals surface area contributed by atoms with Gasteiger partial charge in [0.1, 0.15) is 16.8 Å². The van der Waals surface area contributed by atoms with Crippen LogP contribution in [0.5, 0.6) is 0 Å². The van der Waals surface area contributed by atoms with Gasteiger partial charge in [-0.25, -0.2) is 23.1 Å². The highest BCUT2D eigenvalue weighted by Crippen LogP contribution is 2.39. The van der Waals surface area contributed by atoms with Crippen molar-refractivity contribution >= 4 is 27.4 Å². The van der Waals surface area contributed by atoms with Crippen LogP contribution in [0.2, 0.25) is 5.15 Å². The van der Waals surface area contributed by atoms with Crippen molar-refractivity contribution < 1.29 is 8.42 Å². The van der Waals surface area contributed by atoms with E-state index in [0.717, 1.165) is 50.4 Å². The third-order valence-corrected chi connectivity index (χ3v) is 6.57. The van der Waals surface area contributed by atoms with E-state index in [4.69, 9.17) is 11.6 Å². The van der Waals surface area contributed by atoms with Crippen LogP contribution in [-0.4, -0.2) is 37.5 Å². The number of halogens is 1. The summed E-state index contributed by atoms with van der Waals surface area (Å²) in [5.41, 5.74) is 0. The van der Waals surface area contributed by atoms with Gasteiger partial charge in [0.25, 0.3) is 0 Å². The Hall–Kier alpha value is -1.70. The van der Waals surface area contributed by atoms with Crippen molar-refractivity contribution in [1.29, 1.82) is 0 Å². The molecular formula is C18H21ClN4O2S. The minimum Gasteiger partial charge on any atom is -0.356 e. The Labute approximate surface area is 158 Å². The molecule has 0 bridgehead atoms. The molecule has 1 saturated carbocycles. The summed E-state index contributed by atoms with van der Waals surface area (Å²) in [6.45, 7) is 1.47. The molecule has 2 heterocycles. The first-order valence-corrected chi connectivity index (χ1v) is 10.7. The van der Waals surface area contributed by atoms with Gasteiger partial charge in [0.15, 0.2) is 0 Å². The van der Waals surface area contributed by atoms with Crippen LogP contribution in [0, 0.1) is 0 Å². The fraction of sp³-hybridized carbons (Fsp3) is 0.444. The molecule has 1 aliphatic carbocycles. The number of hydrogen-bond acceptors (Lipinski definition) is 5. The Morgan fingerprint density at radius 1 is 1.04 bits per heavy atom. The van der Waals surface area contributed by atoms with Crippen LogP contribution in [0.15, 0.2) is 41.3 Å². The van der Waals surface area contributed by atoms with E-state index in [9.17, 15) is 8.42 Å². The molecule has 0 spiro atoms. The molecule has 2 fully saturated rings. The highest BCUT2D eigenvalue weighted by Gasteiger charge is 2.29. The highest BCUT2D eigenvalue weighted by molar-refractivity contribution is 7.89. The molecule has 1 N–H and O–H groups in total. The molecule has 26 heavy (non-hydrogen) atoms. The molecule has 1 aromatic heterocycles. The monoisotopic (exact) mass is 392 g/mol. The number of nitrogens with one attached hydrogen (secondary N) is 1. The molecule has 1 aromatic carbocycles. The van der Waals surface area contributed by atoms with Gasteiger partial charge in [-0.05, 0) is 37.8 Å². The summed E-state index contributed by atoms with van der Waals surface area (Å²) < 4.78 is 27.7. The van der Waals surface area contributed by atoms with Gasteiger partial charge >= 0.3 is 0 Å². The SMILES string of the molecule is O=S(=O)(NC1CCN(c2cc(Cl)nc(C3CC3)n2)CC1)c1ccccc1. The number of sulfonamides is 1. The van der Waals surface area contributed by atoms with Gasteiger partial charge in [0, 0.05) is 31.1 Å². The zero-order valence-corrected chi connectivity index (χ0v) is 15.9. The van der Waals surface area contributed by atoms with Crippen LogP contribution in [0.25, 0.3) is 0 Å². The molecule has 0 amide bonds. The topological polar surface area (TPSA) is 75.2 Å². The van der Waals surface area contributed by atoms with Crippen molar-refractivity contribution in [2.75, 3.05) is 18.0 Å². The Kier molecular flexibility index (Phi) is 4.86. The normalized spacial score (nSPS) is 18.9. The molecular weight excluding hydrogens is 372 g/mol. The maximum absolute atomic E-state index is 12.5. The minimum atomic E-state index is -3.47. The van der Waals surface area contributed by atoms with E-state index in [1.165, 1.54) is 0 Å². The molecule has 138 valence electrons. The van der Waals surface area contributed by atoms with E-state index in [1.807, 2.05) is 0 Å². The fourth-order valence-electron chi connectivity index (χ4n) is 3.22. The van der Waals surface area contributed by atoms with Crippen LogP contribution in [0.1, 0.15) is 37.4 Å². The van der Waals surface area contributed by atoms with Crippen molar-refractivity contribution in [3.63, 3.8) is 0 Å². The first-order chi connectivity index (χ1) is 12.5. The maximum atomic E-state index is 12.5. The largest absolute Gasteiger partial charge is 0.356 e. The molecule has 0 radical (unpaired) electrons. The molecule has 1 saturated heterocycles. The van der Waals surface area contributed by atoms with Gasteiger partial charge in [-0.3, -0.25) is 0 Å². The third kappa shape index (κ3) is 4.00. The number of piperidine rings is 1. The number of hydrogen-bond donors (Lipinski definition) is 1. The van der Waals surface area contributed by atoms with Gasteiger partial charge < -0.3 is 4.90 Å². The standard InChI is InChI=1S/C18H21ClN4O2S/c19-16-12-17(21-18(20-16)13-6-7-13)23-10-8-14(9-11-23)22-26(24,25)15-4-2-1-3-5-15/h1-5,12-14,22H,6-11H2. The Balaban J connectivity index is 1.40. The Morgan fingerprint density at radius 2 is 1.73 bits per heavy atom. The van der Waals surface area contributed by atoms with E-state index in [-0.39, 0.29) is 6.04 Å². The van der Waals surface area contributed by atoms with Crippen molar-refractivity contribution in [3.8, 4) is 0 Å². The van der Waals surface area contributed by atoms with Crippen molar-refractivity contribution in [1.82, 2.24) is 14.7 Å². The first-order valence-electron chi connectivity index (χ1n) is 8.88. The van der Waals surface area contributed by atoms with Crippen LogP contribution in [0.3, 0.4) is 0 Å². The summed E-state index contributed by atoms with van der Waals surface area (Å²) in [6, 6.07) is 10.2. The summed E-state index contributed by atoms with van der Waals surface area (Å²) in [7, 11) is -3.47. The number of benzene rings is 1. The smallest absolute Gasteiger partial charge is 0.240 e. The van der Waals surface area contributed by atoms with Crippen molar-refractivity contribution in [2.45, 2.75) is 42.5 Å². The lowest BCUT2D eigenvalue weighted by Gasteiger charge is -2.33. The molecule has 8 heteroatoms. The molecule has 0 unspecified atom stereocenters. The average molecular weight is 393 g/mol. The number of nitrogens with zero attached hydrogens (tertiary/aromatic N) is 3. The summed E-state index contributed by atoms with van der Waals surface area (Å²) in [5, 5.41) is 0.476. The van der Waals surface area contributed by atoms with E-state index >= 15 is 0 Å². The van der Waals surface area contributed by atoms with Gasteiger partial charge in [0.2, 0.25) is 10.0 Å². The van der Waals surface area contributed by atoms with Gasteiger partial charge in [-0.15, -0.1) is 0 Å². The van der Waals surface area contributed by atoms with Crippen LogP contribution in [0.4, 0.5) is 5.82 Å². The van der Waals surface area contributed by atoms with E-state index < -0.39 is 10.0 Å². The second-order valence-electron chi connectivity index (χ2n) is 6.88. The average Bonchev–Trinajstić information content (AvgIpc) is 3.47. The fourth-order valence-corrected chi connectivity index (χ4v) is 4.73. The molecule has 0 atom stereocenters. The Bertz CT molecular complexity index is 879. The molecule has 1 aliphatic heterocycles. The van der Waals surface area contributed by atoms with E-state index in [1.54, 1.807) is 36.4 Å². The van der Waals surface area contributed by atoms with Gasteiger partial charge in [-0.1, -0.05) is 29.8 Å². The van der Waals surface area contributed by atoms with E-state index in [0.29, 0.717) is 16.0 Å². The molecule has 4 rings (SSSR count). The molecule has 2 aromatic rings. The number of aromatic nitrogens is 2. The zero-order chi connectivity index (χ0) is 18.1. The second-order valence-corrected chi connectivity index (χ2v) is 8.98. The lowest BCUT2D eigenvalue weighted by Crippen LogP contribution is -2.44. The third-order valence-electron chi connectivity index (χ3n) is 4.84. The Morgan fingerprint density at radius 3 is 2.38 bits per heavy atom. The summed E-state index contributed by atoms with van der Waals surface area (Å²) in [4.78, 5) is 11.4. The maximum Gasteiger partial charge on any atom is 0.240 e. The minimum absolute atomic E-state index is 0.0725. The van der Waals surface area contributed by atoms with Crippen LogP contribution >= 0.6 is 11.6 Å². The highest BCUT2D eigenvalue weighted by atomic mass is 35.5. The van der Waals surface area contributed by atoms with Crippen molar-refractivity contribution in [3.05, 3.63) is 47.4 Å². The lowest BCUT2D eigenvalue weighted by molar-refractivity contribution is 0.458. The predicted molar refractivity (Wildman–Crippen MR) is 101 cm³/mol.